The molecule has 3 aromatic carbocycles. The number of hydrogen-bond donors (Lipinski definition) is 0. The van der Waals surface area contributed by atoms with E-state index in [-0.39, 0.29) is 0 Å². The van der Waals surface area contributed by atoms with Crippen molar-refractivity contribution in [2.24, 2.45) is 0 Å². The maximum atomic E-state index is 2.35. The van der Waals surface area contributed by atoms with Crippen molar-refractivity contribution >= 4 is 6.08 Å². The average Bonchev–Trinajstić information content (AvgIpc) is 2.94. The average molecular weight is 296 g/mol. The minimum Gasteiger partial charge on any atom is -0.0642 e. The molecule has 3 aromatic rings. The molecule has 1 aliphatic carbocycles. The van der Waals surface area contributed by atoms with Gasteiger partial charge in [0.15, 0.2) is 0 Å². The highest BCUT2D eigenvalue weighted by molar-refractivity contribution is 5.67. The first-order chi connectivity index (χ1) is 11.3. The quantitative estimate of drug-likeness (QED) is 0.554. The van der Waals surface area contributed by atoms with Crippen molar-refractivity contribution in [3.8, 4) is 0 Å². The Morgan fingerprint density at radius 3 is 1.78 bits per heavy atom. The minimum atomic E-state index is 0.359. The predicted octanol–water partition coefficient (Wildman–Crippen LogP) is 6.02. The van der Waals surface area contributed by atoms with Crippen LogP contribution in [0.4, 0.5) is 0 Å². The largest absolute Gasteiger partial charge is 0.0642 e. The van der Waals surface area contributed by atoms with Gasteiger partial charge in [0.2, 0.25) is 0 Å². The van der Waals surface area contributed by atoms with E-state index < -0.39 is 0 Å². The highest BCUT2D eigenvalue weighted by atomic mass is 14.3. The smallest absolute Gasteiger partial charge is 0.0196 e. The molecule has 23 heavy (non-hydrogen) atoms. The molecule has 4 rings (SSSR count). The Balaban J connectivity index is 1.89. The lowest BCUT2D eigenvalue weighted by Gasteiger charge is -2.27. The minimum absolute atomic E-state index is 0.359. The summed E-state index contributed by atoms with van der Waals surface area (Å²) in [5.74, 6) is 0.772. The van der Waals surface area contributed by atoms with Gasteiger partial charge in [-0.05, 0) is 29.2 Å². The predicted molar refractivity (Wildman–Crippen MR) is 97.6 cm³/mol. The van der Waals surface area contributed by atoms with Gasteiger partial charge in [0.05, 0.1) is 0 Å². The molecule has 0 heteroatoms. The molecular formula is C23H20. The molecule has 0 bridgehead atoms. The molecule has 1 atom stereocenters. The first-order valence-corrected chi connectivity index (χ1v) is 8.21. The van der Waals surface area contributed by atoms with Gasteiger partial charge in [0.25, 0.3) is 0 Å². The summed E-state index contributed by atoms with van der Waals surface area (Å²) in [5, 5.41) is 0. The highest BCUT2D eigenvalue weighted by Crippen LogP contribution is 2.47. The van der Waals surface area contributed by atoms with Crippen molar-refractivity contribution in [2.45, 2.75) is 18.8 Å². The van der Waals surface area contributed by atoms with E-state index in [9.17, 15) is 0 Å². The number of fused-ring (bicyclic) bond motifs is 1. The van der Waals surface area contributed by atoms with E-state index in [1.165, 1.54) is 27.8 Å². The summed E-state index contributed by atoms with van der Waals surface area (Å²) < 4.78 is 0. The lowest BCUT2D eigenvalue weighted by atomic mass is 9.76. The number of allylic oxidation sites excluding steroid dienone is 1. The molecule has 0 saturated carbocycles. The van der Waals surface area contributed by atoms with E-state index in [4.69, 9.17) is 0 Å². The van der Waals surface area contributed by atoms with Gasteiger partial charge >= 0.3 is 0 Å². The van der Waals surface area contributed by atoms with E-state index in [1.54, 1.807) is 0 Å². The fraction of sp³-hybridized carbons (Fsp3) is 0.130. The van der Waals surface area contributed by atoms with Crippen molar-refractivity contribution in [1.82, 2.24) is 0 Å². The van der Waals surface area contributed by atoms with E-state index in [1.807, 2.05) is 0 Å². The standard InChI is InChI=1S/C23H20/c1-17-16-20-14-8-9-15-21(20)22(17)23(18-10-4-2-5-11-18)19-12-6-3-7-13-19/h2-16,22-23H,1H3. The second-order valence-corrected chi connectivity index (χ2v) is 6.29. The van der Waals surface area contributed by atoms with Gasteiger partial charge in [0.1, 0.15) is 0 Å². The van der Waals surface area contributed by atoms with Crippen LogP contribution in [0.3, 0.4) is 0 Å². The van der Waals surface area contributed by atoms with Gasteiger partial charge < -0.3 is 0 Å². The third kappa shape index (κ3) is 2.51. The molecule has 0 heterocycles. The summed E-state index contributed by atoms with van der Waals surface area (Å²) in [6.45, 7) is 2.27. The fourth-order valence-electron chi connectivity index (χ4n) is 3.85. The summed E-state index contributed by atoms with van der Waals surface area (Å²) >= 11 is 0. The molecular weight excluding hydrogens is 276 g/mol. The summed E-state index contributed by atoms with van der Waals surface area (Å²) in [5.41, 5.74) is 7.03. The highest BCUT2D eigenvalue weighted by Gasteiger charge is 2.31. The van der Waals surface area contributed by atoms with Crippen LogP contribution in [-0.2, 0) is 0 Å². The third-order valence-corrected chi connectivity index (χ3v) is 4.86. The second-order valence-electron chi connectivity index (χ2n) is 6.29. The molecule has 0 spiro atoms. The molecule has 0 amide bonds. The summed E-state index contributed by atoms with van der Waals surface area (Å²) in [4.78, 5) is 0. The molecule has 1 aliphatic rings. The Morgan fingerprint density at radius 2 is 1.17 bits per heavy atom. The van der Waals surface area contributed by atoms with Gasteiger partial charge in [-0.1, -0.05) is 96.6 Å². The first kappa shape index (κ1) is 14.0. The van der Waals surface area contributed by atoms with Crippen molar-refractivity contribution in [3.63, 3.8) is 0 Å². The zero-order chi connectivity index (χ0) is 15.6. The third-order valence-electron chi connectivity index (χ3n) is 4.86. The second kappa shape index (κ2) is 5.89. The van der Waals surface area contributed by atoms with Gasteiger partial charge in [-0.25, -0.2) is 0 Å². The summed E-state index contributed by atoms with van der Waals surface area (Å²) in [6, 6.07) is 30.6. The van der Waals surface area contributed by atoms with Crippen LogP contribution in [0, 0.1) is 0 Å². The maximum Gasteiger partial charge on any atom is 0.0196 e. The van der Waals surface area contributed by atoms with E-state index in [0.29, 0.717) is 11.8 Å². The molecule has 0 fully saturated rings. The Kier molecular flexibility index (Phi) is 3.59. The maximum absolute atomic E-state index is 2.35. The molecule has 0 radical (unpaired) electrons. The SMILES string of the molecule is CC1=Cc2ccccc2C1C(c1ccccc1)c1ccccc1. The van der Waals surface area contributed by atoms with E-state index >= 15 is 0 Å². The van der Waals surface area contributed by atoms with Crippen LogP contribution < -0.4 is 0 Å². The van der Waals surface area contributed by atoms with E-state index in [2.05, 4.69) is 97.9 Å². The Hall–Kier alpha value is -2.60. The summed E-state index contributed by atoms with van der Waals surface area (Å²) in [7, 11) is 0. The van der Waals surface area contributed by atoms with E-state index in [0.717, 1.165) is 0 Å². The monoisotopic (exact) mass is 296 g/mol. The summed E-state index contributed by atoms with van der Waals surface area (Å²) in [6.07, 6.45) is 2.35. The van der Waals surface area contributed by atoms with Gasteiger partial charge in [-0.15, -0.1) is 0 Å². The molecule has 0 saturated heterocycles. The molecule has 0 N–H and O–H groups in total. The fourth-order valence-corrected chi connectivity index (χ4v) is 3.85. The lowest BCUT2D eigenvalue weighted by molar-refractivity contribution is 0.693. The van der Waals surface area contributed by atoms with Crippen LogP contribution in [0.15, 0.2) is 90.5 Å². The lowest BCUT2D eigenvalue weighted by Crippen LogP contribution is -2.12. The zero-order valence-corrected chi connectivity index (χ0v) is 13.3. The van der Waals surface area contributed by atoms with Crippen LogP contribution >= 0.6 is 0 Å². The molecule has 112 valence electrons. The molecule has 1 unspecified atom stereocenters. The van der Waals surface area contributed by atoms with Crippen molar-refractivity contribution in [2.75, 3.05) is 0 Å². The zero-order valence-electron chi connectivity index (χ0n) is 13.3. The molecule has 0 nitrogen and oxygen atoms in total. The van der Waals surface area contributed by atoms with Gasteiger partial charge in [-0.2, -0.15) is 0 Å². The number of rotatable bonds is 3. The topological polar surface area (TPSA) is 0 Å². The van der Waals surface area contributed by atoms with Crippen LogP contribution in [0.5, 0.6) is 0 Å². The van der Waals surface area contributed by atoms with Crippen LogP contribution in [0.25, 0.3) is 6.08 Å². The van der Waals surface area contributed by atoms with Crippen LogP contribution in [0.2, 0.25) is 0 Å². The molecule has 0 aliphatic heterocycles. The van der Waals surface area contributed by atoms with Gasteiger partial charge in [-0.3, -0.25) is 0 Å². The Bertz CT molecular complexity index is 789. The molecule has 0 aromatic heterocycles. The Labute approximate surface area is 138 Å². The van der Waals surface area contributed by atoms with Gasteiger partial charge in [0, 0.05) is 11.8 Å². The number of hydrogen-bond acceptors (Lipinski definition) is 0. The first-order valence-electron chi connectivity index (χ1n) is 8.21. The normalized spacial score (nSPS) is 16.3. The number of benzene rings is 3. The van der Waals surface area contributed by atoms with Crippen LogP contribution in [-0.4, -0.2) is 0 Å². The van der Waals surface area contributed by atoms with Crippen molar-refractivity contribution < 1.29 is 0 Å². The Morgan fingerprint density at radius 1 is 0.652 bits per heavy atom. The van der Waals surface area contributed by atoms with Crippen molar-refractivity contribution in [3.05, 3.63) is 113 Å². The van der Waals surface area contributed by atoms with Crippen molar-refractivity contribution in [1.29, 1.82) is 0 Å². The van der Waals surface area contributed by atoms with Crippen LogP contribution in [0.1, 0.15) is 41.0 Å².